The summed E-state index contributed by atoms with van der Waals surface area (Å²) in [6.07, 6.45) is 15.4. The maximum absolute atomic E-state index is 3.65. The highest BCUT2D eigenvalue weighted by Gasteiger charge is 2.40. The van der Waals surface area contributed by atoms with Crippen molar-refractivity contribution >= 4 is 0 Å². The Kier molecular flexibility index (Phi) is 7.36. The first-order valence-electron chi connectivity index (χ1n) is 9.63. The van der Waals surface area contributed by atoms with Gasteiger partial charge in [0, 0.05) is 11.5 Å². The standard InChI is InChI=1S/C22H35N/c1-4-6-12-20(11-5-2)18-22(15-10-16-22)21(23-3)17-19-13-8-7-9-14-19/h7-10,13-15,20-21,23H,4-6,11-12,16-18H2,1-3H3. The van der Waals surface area contributed by atoms with Crippen LogP contribution in [-0.4, -0.2) is 13.1 Å². The van der Waals surface area contributed by atoms with Gasteiger partial charge in [0.2, 0.25) is 0 Å². The van der Waals surface area contributed by atoms with Crippen molar-refractivity contribution in [3.63, 3.8) is 0 Å². The van der Waals surface area contributed by atoms with E-state index in [4.69, 9.17) is 0 Å². The van der Waals surface area contributed by atoms with Crippen molar-refractivity contribution in [2.45, 2.75) is 71.3 Å². The number of likely N-dealkylation sites (N-methyl/N-ethyl adjacent to an activating group) is 1. The van der Waals surface area contributed by atoms with Crippen molar-refractivity contribution in [1.82, 2.24) is 5.32 Å². The number of hydrogen-bond acceptors (Lipinski definition) is 1. The second-order valence-corrected chi connectivity index (χ2v) is 7.37. The van der Waals surface area contributed by atoms with Gasteiger partial charge < -0.3 is 5.32 Å². The van der Waals surface area contributed by atoms with Gasteiger partial charge in [0.1, 0.15) is 0 Å². The number of allylic oxidation sites excluding steroid dienone is 1. The van der Waals surface area contributed by atoms with Gasteiger partial charge >= 0.3 is 0 Å². The molecule has 0 spiro atoms. The number of benzene rings is 1. The van der Waals surface area contributed by atoms with Crippen LogP contribution >= 0.6 is 0 Å². The molecular formula is C22H35N. The molecule has 1 aromatic carbocycles. The molecule has 0 fully saturated rings. The average Bonchev–Trinajstić information content (AvgIpc) is 2.55. The zero-order valence-corrected chi connectivity index (χ0v) is 15.4. The predicted molar refractivity (Wildman–Crippen MR) is 102 cm³/mol. The molecule has 2 rings (SSSR count). The Morgan fingerprint density at radius 1 is 1.09 bits per heavy atom. The van der Waals surface area contributed by atoms with Gasteiger partial charge in [-0.3, -0.25) is 0 Å². The summed E-state index contributed by atoms with van der Waals surface area (Å²) in [7, 11) is 2.14. The molecule has 0 amide bonds. The Morgan fingerprint density at radius 2 is 1.83 bits per heavy atom. The van der Waals surface area contributed by atoms with E-state index in [0.29, 0.717) is 11.5 Å². The third-order valence-corrected chi connectivity index (χ3v) is 5.60. The van der Waals surface area contributed by atoms with Crippen LogP contribution in [0.1, 0.15) is 64.4 Å². The molecule has 3 atom stereocenters. The summed E-state index contributed by atoms with van der Waals surface area (Å²) in [4.78, 5) is 0. The molecule has 0 saturated heterocycles. The Hall–Kier alpha value is -1.08. The van der Waals surface area contributed by atoms with Gasteiger partial charge in [0.15, 0.2) is 0 Å². The number of hydrogen-bond donors (Lipinski definition) is 1. The maximum atomic E-state index is 3.65. The highest BCUT2D eigenvalue weighted by molar-refractivity contribution is 5.23. The SMILES string of the molecule is CCCCC(CCC)CC1(C(Cc2ccccc2)NC)C=CC1. The average molecular weight is 314 g/mol. The normalized spacial score (nSPS) is 22.6. The number of nitrogens with one attached hydrogen (secondary N) is 1. The van der Waals surface area contributed by atoms with Crippen molar-refractivity contribution in [1.29, 1.82) is 0 Å². The van der Waals surface area contributed by atoms with Gasteiger partial charge in [-0.15, -0.1) is 0 Å². The van der Waals surface area contributed by atoms with Gasteiger partial charge in [-0.25, -0.2) is 0 Å². The number of unbranched alkanes of at least 4 members (excludes halogenated alkanes) is 1. The van der Waals surface area contributed by atoms with Gasteiger partial charge in [-0.2, -0.15) is 0 Å². The zero-order chi connectivity index (χ0) is 16.5. The third kappa shape index (κ3) is 4.94. The van der Waals surface area contributed by atoms with Crippen molar-refractivity contribution in [2.75, 3.05) is 7.05 Å². The molecule has 0 heterocycles. The van der Waals surface area contributed by atoms with Crippen molar-refractivity contribution in [3.8, 4) is 0 Å². The fourth-order valence-corrected chi connectivity index (χ4v) is 4.20. The summed E-state index contributed by atoms with van der Waals surface area (Å²) in [6, 6.07) is 11.5. The van der Waals surface area contributed by atoms with Gasteiger partial charge in [0.25, 0.3) is 0 Å². The molecule has 0 radical (unpaired) electrons. The lowest BCUT2D eigenvalue weighted by molar-refractivity contribution is 0.173. The molecule has 3 unspecified atom stereocenters. The largest absolute Gasteiger partial charge is 0.316 e. The summed E-state index contributed by atoms with van der Waals surface area (Å²) in [6.45, 7) is 4.65. The quantitative estimate of drug-likeness (QED) is 0.512. The Balaban J connectivity index is 2.06. The first-order valence-corrected chi connectivity index (χ1v) is 9.63. The van der Waals surface area contributed by atoms with Crippen LogP contribution in [0, 0.1) is 11.3 Å². The molecule has 0 saturated carbocycles. The fraction of sp³-hybridized carbons (Fsp3) is 0.636. The monoisotopic (exact) mass is 313 g/mol. The molecule has 1 aromatic rings. The highest BCUT2D eigenvalue weighted by atomic mass is 14.9. The lowest BCUT2D eigenvalue weighted by Crippen LogP contribution is -2.47. The molecular weight excluding hydrogens is 278 g/mol. The van der Waals surface area contributed by atoms with Crippen molar-refractivity contribution in [3.05, 3.63) is 48.0 Å². The van der Waals surface area contributed by atoms with E-state index < -0.39 is 0 Å². The smallest absolute Gasteiger partial charge is 0.0198 e. The predicted octanol–water partition coefficient (Wildman–Crippen LogP) is 5.76. The summed E-state index contributed by atoms with van der Waals surface area (Å²) >= 11 is 0. The zero-order valence-electron chi connectivity index (χ0n) is 15.4. The summed E-state index contributed by atoms with van der Waals surface area (Å²) < 4.78 is 0. The second kappa shape index (κ2) is 9.27. The van der Waals surface area contributed by atoms with E-state index in [0.717, 1.165) is 12.3 Å². The van der Waals surface area contributed by atoms with E-state index in [1.807, 2.05) is 0 Å². The van der Waals surface area contributed by atoms with Crippen LogP contribution < -0.4 is 5.32 Å². The molecule has 128 valence electrons. The topological polar surface area (TPSA) is 12.0 Å². The van der Waals surface area contributed by atoms with E-state index in [1.165, 1.54) is 50.5 Å². The van der Waals surface area contributed by atoms with Crippen LogP contribution in [0.25, 0.3) is 0 Å². The minimum atomic E-state index is 0.373. The Morgan fingerprint density at radius 3 is 2.35 bits per heavy atom. The molecule has 1 aliphatic rings. The lowest BCUT2D eigenvalue weighted by atomic mass is 9.63. The van der Waals surface area contributed by atoms with Crippen LogP contribution in [0.5, 0.6) is 0 Å². The van der Waals surface area contributed by atoms with Gasteiger partial charge in [-0.05, 0) is 37.8 Å². The van der Waals surface area contributed by atoms with Crippen molar-refractivity contribution in [2.24, 2.45) is 11.3 Å². The Labute approximate surface area is 143 Å². The maximum Gasteiger partial charge on any atom is 0.0198 e. The second-order valence-electron chi connectivity index (χ2n) is 7.37. The van der Waals surface area contributed by atoms with E-state index in [-0.39, 0.29) is 0 Å². The molecule has 0 bridgehead atoms. The molecule has 1 heteroatoms. The van der Waals surface area contributed by atoms with E-state index in [1.54, 1.807) is 0 Å². The van der Waals surface area contributed by atoms with Crippen LogP contribution in [0.15, 0.2) is 42.5 Å². The van der Waals surface area contributed by atoms with Gasteiger partial charge in [0.05, 0.1) is 0 Å². The molecule has 1 nitrogen and oxygen atoms in total. The van der Waals surface area contributed by atoms with Gasteiger partial charge in [-0.1, -0.05) is 88.4 Å². The summed E-state index contributed by atoms with van der Waals surface area (Å²) in [5.74, 6) is 0.886. The number of rotatable bonds is 11. The molecule has 0 aromatic heterocycles. The van der Waals surface area contributed by atoms with Crippen LogP contribution in [0.3, 0.4) is 0 Å². The van der Waals surface area contributed by atoms with Crippen LogP contribution in [0.2, 0.25) is 0 Å². The third-order valence-electron chi connectivity index (χ3n) is 5.60. The molecule has 23 heavy (non-hydrogen) atoms. The molecule has 0 aliphatic heterocycles. The molecule has 1 N–H and O–H groups in total. The van der Waals surface area contributed by atoms with E-state index in [9.17, 15) is 0 Å². The van der Waals surface area contributed by atoms with Crippen molar-refractivity contribution < 1.29 is 0 Å². The minimum absolute atomic E-state index is 0.373. The first kappa shape index (κ1) is 18.3. The summed E-state index contributed by atoms with van der Waals surface area (Å²) in [5.41, 5.74) is 1.82. The lowest BCUT2D eigenvalue weighted by Gasteiger charge is -2.45. The molecule has 1 aliphatic carbocycles. The van der Waals surface area contributed by atoms with Crippen LogP contribution in [0.4, 0.5) is 0 Å². The van der Waals surface area contributed by atoms with Crippen LogP contribution in [-0.2, 0) is 6.42 Å². The fourth-order valence-electron chi connectivity index (χ4n) is 4.20. The van der Waals surface area contributed by atoms with E-state index >= 15 is 0 Å². The highest BCUT2D eigenvalue weighted by Crippen LogP contribution is 2.45. The minimum Gasteiger partial charge on any atom is -0.316 e. The van der Waals surface area contributed by atoms with E-state index in [2.05, 4.69) is 68.7 Å². The first-order chi connectivity index (χ1) is 11.2. The Bertz CT molecular complexity index is 464. The summed E-state index contributed by atoms with van der Waals surface area (Å²) in [5, 5.41) is 3.65.